The van der Waals surface area contributed by atoms with E-state index >= 15 is 0 Å². The minimum absolute atomic E-state index is 0.545. The van der Waals surface area contributed by atoms with Gasteiger partial charge >= 0.3 is 0 Å². The van der Waals surface area contributed by atoms with Gasteiger partial charge in [-0.15, -0.1) is 0 Å². The molecule has 0 spiro atoms. The molecule has 0 saturated carbocycles. The zero-order chi connectivity index (χ0) is 14.8. The Labute approximate surface area is 115 Å². The first-order valence-electron chi connectivity index (χ1n) is 5.45. The Morgan fingerprint density at radius 3 is 1.45 bits per heavy atom. The van der Waals surface area contributed by atoms with Crippen LogP contribution in [0.1, 0.15) is 0 Å². The quantitative estimate of drug-likeness (QED) is 0.358. The van der Waals surface area contributed by atoms with Gasteiger partial charge in [0, 0.05) is 15.5 Å². The highest BCUT2D eigenvalue weighted by molar-refractivity contribution is 7.77. The highest BCUT2D eigenvalue weighted by Gasteiger charge is 2.25. The Balaban J connectivity index is 0.000000612. The topological polar surface area (TPSA) is 125 Å². The molecule has 0 N–H and O–H groups in total. The molecule has 0 atom stereocenters. The maximum atomic E-state index is 12.8. The van der Waals surface area contributed by atoms with Crippen molar-refractivity contribution < 1.29 is 4.57 Å². The second kappa shape index (κ2) is 7.67. The molecule has 100 valence electrons. The third-order valence-electron chi connectivity index (χ3n) is 2.38. The van der Waals surface area contributed by atoms with Crippen molar-refractivity contribution >= 4 is 17.9 Å². The molecular weight excluding hydrogens is 275 g/mol. The molecule has 20 heavy (non-hydrogen) atoms. The minimum Gasteiger partial charge on any atom is -0.373 e. The number of nitrogens with zero attached hydrogens (tertiary/aromatic N) is 6. The van der Waals surface area contributed by atoms with Crippen LogP contribution in [0.25, 0.3) is 26.4 Å². The van der Waals surface area contributed by atoms with Crippen molar-refractivity contribution in [3.63, 3.8) is 0 Å². The third-order valence-corrected chi connectivity index (χ3v) is 4.71. The lowest BCUT2D eigenvalue weighted by atomic mass is 10.4. The number of rotatable bonds is 3. The van der Waals surface area contributed by atoms with Crippen LogP contribution in [0, 0.1) is 0 Å². The molecule has 2 aromatic rings. The van der Waals surface area contributed by atoms with Crippen LogP contribution < -0.4 is 10.6 Å². The predicted molar refractivity (Wildman–Crippen MR) is 79.0 cm³/mol. The van der Waals surface area contributed by atoms with Gasteiger partial charge in [0.25, 0.3) is 0 Å². The van der Waals surface area contributed by atoms with Crippen molar-refractivity contribution in [1.82, 2.24) is 0 Å². The van der Waals surface area contributed by atoms with E-state index in [1.54, 1.807) is 48.5 Å². The average Bonchev–Trinajstić information content (AvgIpc) is 2.50. The second-order valence-electron chi connectivity index (χ2n) is 3.52. The normalized spacial score (nSPS) is 9.40. The van der Waals surface area contributed by atoms with E-state index in [9.17, 15) is 4.57 Å². The van der Waals surface area contributed by atoms with Gasteiger partial charge in [-0.2, -0.15) is 0 Å². The molecule has 0 bridgehead atoms. The first-order chi connectivity index (χ1) is 9.69. The molecule has 2 aromatic carbocycles. The Hall–Kier alpha value is -2.71. The number of hydrogen-bond donors (Lipinski definition) is 0. The van der Waals surface area contributed by atoms with Crippen LogP contribution in [0.15, 0.2) is 65.5 Å². The molecule has 0 radical (unpaired) electrons. The summed E-state index contributed by atoms with van der Waals surface area (Å²) in [5, 5.41) is 1.09. The van der Waals surface area contributed by atoms with Gasteiger partial charge in [0.1, 0.15) is 0 Å². The Kier molecular flexibility index (Phi) is 5.88. The second-order valence-corrected chi connectivity index (χ2v) is 5.88. The summed E-state index contributed by atoms with van der Waals surface area (Å²) < 4.78 is 12.8. The Morgan fingerprint density at radius 2 is 1.15 bits per heavy atom. The molecule has 0 heterocycles. The first-order valence-corrected chi connectivity index (χ1v) is 7.11. The van der Waals surface area contributed by atoms with Gasteiger partial charge < -0.3 is 15.6 Å². The van der Waals surface area contributed by atoms with Crippen LogP contribution >= 0.6 is 7.29 Å². The monoisotopic (exact) mass is 285 g/mol. The summed E-state index contributed by atoms with van der Waals surface area (Å²) in [4.78, 5) is 7.76. The zero-order valence-corrected chi connectivity index (χ0v) is 11.2. The number of azide groups is 1. The van der Waals surface area contributed by atoms with E-state index in [4.69, 9.17) is 16.6 Å². The summed E-state index contributed by atoms with van der Waals surface area (Å²) in [5.41, 5.74) is 22.1. The van der Waals surface area contributed by atoms with E-state index in [0.29, 0.717) is 10.6 Å². The van der Waals surface area contributed by atoms with Crippen LogP contribution in [0.4, 0.5) is 0 Å². The van der Waals surface area contributed by atoms with Gasteiger partial charge in [0.2, 0.25) is 7.29 Å². The van der Waals surface area contributed by atoms with E-state index in [0.717, 1.165) is 0 Å². The van der Waals surface area contributed by atoms with Gasteiger partial charge in [0.15, 0.2) is 0 Å². The minimum atomic E-state index is -3.22. The molecule has 0 unspecified atom stereocenters. The van der Waals surface area contributed by atoms with Crippen LogP contribution in [0.5, 0.6) is 0 Å². The fraction of sp³-hybridized carbons (Fsp3) is 0. The Bertz CT molecular complexity index is 632. The molecule has 0 aromatic heterocycles. The van der Waals surface area contributed by atoms with Crippen LogP contribution in [-0.4, -0.2) is 0 Å². The van der Waals surface area contributed by atoms with Gasteiger partial charge in [-0.1, -0.05) is 60.7 Å². The average molecular weight is 285 g/mol. The van der Waals surface area contributed by atoms with E-state index < -0.39 is 7.29 Å². The van der Waals surface area contributed by atoms with Gasteiger partial charge in [-0.3, -0.25) is 4.91 Å². The molecule has 0 saturated heterocycles. The van der Waals surface area contributed by atoms with Crippen molar-refractivity contribution in [3.8, 4) is 0 Å². The molecule has 0 fully saturated rings. The smallest absolute Gasteiger partial charge is 0.228 e. The van der Waals surface area contributed by atoms with Crippen molar-refractivity contribution in [2.24, 2.45) is 4.88 Å². The Morgan fingerprint density at radius 1 is 0.800 bits per heavy atom. The third kappa shape index (κ3) is 3.64. The summed E-state index contributed by atoms with van der Waals surface area (Å²) in [6, 6.07) is 17.6. The summed E-state index contributed by atoms with van der Waals surface area (Å²) in [7, 11) is -3.22. The van der Waals surface area contributed by atoms with E-state index in [-0.39, 0.29) is 0 Å². The molecule has 0 aliphatic rings. The molecular formula is C12H10N6OP-. The van der Waals surface area contributed by atoms with Crippen LogP contribution in [0.3, 0.4) is 0 Å². The lowest BCUT2D eigenvalue weighted by molar-refractivity contribution is 0.588. The first kappa shape index (κ1) is 15.3. The largest absolute Gasteiger partial charge is 0.373 e. The van der Waals surface area contributed by atoms with Crippen molar-refractivity contribution in [3.05, 3.63) is 87.1 Å². The molecule has 0 aliphatic heterocycles. The predicted octanol–water partition coefficient (Wildman–Crippen LogP) is 4.09. The van der Waals surface area contributed by atoms with E-state index in [2.05, 4.69) is 9.80 Å². The highest BCUT2D eigenvalue weighted by atomic mass is 31.2. The van der Waals surface area contributed by atoms with Crippen LogP contribution in [0.2, 0.25) is 0 Å². The fourth-order valence-electron chi connectivity index (χ4n) is 1.57. The van der Waals surface area contributed by atoms with Crippen molar-refractivity contribution in [2.75, 3.05) is 0 Å². The molecule has 0 aliphatic carbocycles. The van der Waals surface area contributed by atoms with Gasteiger partial charge in [-0.25, -0.2) is 0 Å². The van der Waals surface area contributed by atoms with Gasteiger partial charge in [0.05, 0.1) is 0 Å². The molecule has 0 amide bonds. The lowest BCUT2D eigenvalue weighted by Crippen LogP contribution is -2.13. The maximum Gasteiger partial charge on any atom is 0.228 e. The standard InChI is InChI=1S/C12H10N3OP.N3/c13-14-15-17(16,11-7-3-1-4-8-11)12-9-5-2-6-10-12;1-3-2/h1-10H;/q;-1. The SMILES string of the molecule is [N-]=[N+]=NP(=O)(c1ccccc1)c1ccccc1.[N-]=[N+]=[N-]. The number of hydrogen-bond acceptors (Lipinski definition) is 1. The highest BCUT2D eigenvalue weighted by Crippen LogP contribution is 2.44. The summed E-state index contributed by atoms with van der Waals surface area (Å²) in [6.45, 7) is 0. The molecule has 8 heteroatoms. The van der Waals surface area contributed by atoms with Gasteiger partial charge in [-0.05, 0) is 10.4 Å². The van der Waals surface area contributed by atoms with E-state index in [1.165, 1.54) is 4.91 Å². The van der Waals surface area contributed by atoms with Crippen molar-refractivity contribution in [1.29, 1.82) is 0 Å². The van der Waals surface area contributed by atoms with E-state index in [1.807, 2.05) is 12.1 Å². The lowest BCUT2D eigenvalue weighted by Gasteiger charge is -2.12. The fourth-order valence-corrected chi connectivity index (χ4v) is 3.34. The number of benzene rings is 2. The summed E-state index contributed by atoms with van der Waals surface area (Å²) in [6.07, 6.45) is 0. The van der Waals surface area contributed by atoms with Crippen molar-refractivity contribution in [2.45, 2.75) is 0 Å². The summed E-state index contributed by atoms with van der Waals surface area (Å²) >= 11 is 0. The molecule has 2 rings (SSSR count). The molecule has 7 nitrogen and oxygen atoms in total. The van der Waals surface area contributed by atoms with Crippen LogP contribution in [-0.2, 0) is 4.57 Å². The maximum absolute atomic E-state index is 12.8. The zero-order valence-electron chi connectivity index (χ0n) is 10.3. The summed E-state index contributed by atoms with van der Waals surface area (Å²) in [5.74, 6) is 0.